The highest BCUT2D eigenvalue weighted by atomic mass is 16.5. The SMILES string of the molecule is COc1ccc(O)c2c1C(=O)c1c(oc(=O)c3cc(C)ccc13)C2=O. The number of methoxy groups -OCH3 is 1. The third-order valence-electron chi connectivity index (χ3n) is 4.34. The highest BCUT2D eigenvalue weighted by Crippen LogP contribution is 2.39. The van der Waals surface area contributed by atoms with Crippen LogP contribution in [0, 0.1) is 6.92 Å². The minimum atomic E-state index is -0.722. The molecule has 1 aromatic heterocycles. The van der Waals surface area contributed by atoms with E-state index in [4.69, 9.17) is 9.15 Å². The van der Waals surface area contributed by atoms with Gasteiger partial charge in [0.15, 0.2) is 5.76 Å². The first-order valence-electron chi connectivity index (χ1n) is 7.51. The van der Waals surface area contributed by atoms with Gasteiger partial charge in [-0.15, -0.1) is 0 Å². The summed E-state index contributed by atoms with van der Waals surface area (Å²) in [4.78, 5) is 38.2. The predicted molar refractivity (Wildman–Crippen MR) is 88.7 cm³/mol. The van der Waals surface area contributed by atoms with Crippen LogP contribution >= 0.6 is 0 Å². The van der Waals surface area contributed by atoms with Crippen LogP contribution in [0.5, 0.6) is 11.5 Å². The molecule has 25 heavy (non-hydrogen) atoms. The van der Waals surface area contributed by atoms with E-state index < -0.39 is 17.2 Å². The Labute approximate surface area is 141 Å². The van der Waals surface area contributed by atoms with Crippen LogP contribution in [0.1, 0.15) is 37.6 Å². The molecule has 0 bridgehead atoms. The van der Waals surface area contributed by atoms with Crippen molar-refractivity contribution < 1.29 is 23.8 Å². The lowest BCUT2D eigenvalue weighted by molar-refractivity contribution is 0.0950. The Morgan fingerprint density at radius 2 is 1.68 bits per heavy atom. The summed E-state index contributed by atoms with van der Waals surface area (Å²) < 4.78 is 10.3. The van der Waals surface area contributed by atoms with E-state index in [1.54, 1.807) is 18.2 Å². The molecule has 2 aromatic carbocycles. The van der Waals surface area contributed by atoms with Gasteiger partial charge in [0.25, 0.3) is 0 Å². The molecule has 0 unspecified atom stereocenters. The molecule has 0 amide bonds. The summed E-state index contributed by atoms with van der Waals surface area (Å²) in [7, 11) is 1.37. The minimum absolute atomic E-state index is 0.0102. The maximum Gasteiger partial charge on any atom is 0.344 e. The lowest BCUT2D eigenvalue weighted by Crippen LogP contribution is -2.24. The summed E-state index contributed by atoms with van der Waals surface area (Å²) in [6.07, 6.45) is 0. The fraction of sp³-hybridized carbons (Fsp3) is 0.105. The van der Waals surface area contributed by atoms with Gasteiger partial charge >= 0.3 is 5.63 Å². The van der Waals surface area contributed by atoms with Crippen molar-refractivity contribution in [2.24, 2.45) is 0 Å². The molecule has 0 saturated carbocycles. The lowest BCUT2D eigenvalue weighted by Gasteiger charge is -2.20. The highest BCUT2D eigenvalue weighted by Gasteiger charge is 2.38. The monoisotopic (exact) mass is 336 g/mol. The van der Waals surface area contributed by atoms with Crippen molar-refractivity contribution in [2.75, 3.05) is 7.11 Å². The van der Waals surface area contributed by atoms with Gasteiger partial charge < -0.3 is 14.3 Å². The molecule has 0 atom stereocenters. The summed E-state index contributed by atoms with van der Waals surface area (Å²) in [6.45, 7) is 1.81. The number of rotatable bonds is 1. The zero-order valence-corrected chi connectivity index (χ0v) is 13.4. The topological polar surface area (TPSA) is 93.8 Å². The van der Waals surface area contributed by atoms with Crippen LogP contribution in [0.3, 0.4) is 0 Å². The predicted octanol–water partition coefficient (Wildman–Crippen LogP) is 2.59. The minimum Gasteiger partial charge on any atom is -0.507 e. The van der Waals surface area contributed by atoms with E-state index in [0.717, 1.165) is 5.56 Å². The maximum atomic E-state index is 13.1. The number of hydrogen-bond donors (Lipinski definition) is 1. The average molecular weight is 336 g/mol. The van der Waals surface area contributed by atoms with E-state index in [1.165, 1.54) is 19.2 Å². The zero-order valence-electron chi connectivity index (χ0n) is 13.4. The van der Waals surface area contributed by atoms with Crippen molar-refractivity contribution in [2.45, 2.75) is 6.92 Å². The van der Waals surface area contributed by atoms with Crippen LogP contribution in [-0.4, -0.2) is 23.8 Å². The third-order valence-corrected chi connectivity index (χ3v) is 4.34. The number of aryl methyl sites for hydroxylation is 1. The van der Waals surface area contributed by atoms with Crippen molar-refractivity contribution >= 4 is 22.3 Å². The molecular formula is C19H12O6. The molecule has 0 aliphatic heterocycles. The van der Waals surface area contributed by atoms with Gasteiger partial charge in [0.05, 0.1) is 29.2 Å². The Hall–Kier alpha value is -3.41. The largest absolute Gasteiger partial charge is 0.507 e. The fourth-order valence-electron chi connectivity index (χ4n) is 3.19. The lowest BCUT2D eigenvalue weighted by atomic mass is 9.84. The molecule has 1 aliphatic carbocycles. The standard InChI is InChI=1S/C19H12O6/c1-8-3-4-9-10(7-8)19(23)25-18-13(9)16(21)15-12(24-2)6-5-11(20)14(15)17(18)22/h3-7,20H,1-2H3. The summed E-state index contributed by atoms with van der Waals surface area (Å²) in [6, 6.07) is 7.64. The Bertz CT molecular complexity index is 1150. The first kappa shape index (κ1) is 15.1. The van der Waals surface area contributed by atoms with Crippen molar-refractivity contribution in [3.05, 3.63) is 68.8 Å². The summed E-state index contributed by atoms with van der Waals surface area (Å²) >= 11 is 0. The van der Waals surface area contributed by atoms with Crippen LogP contribution in [0.15, 0.2) is 39.5 Å². The zero-order chi connectivity index (χ0) is 17.9. The van der Waals surface area contributed by atoms with E-state index in [2.05, 4.69) is 0 Å². The number of benzene rings is 2. The first-order valence-corrected chi connectivity index (χ1v) is 7.51. The second-order valence-electron chi connectivity index (χ2n) is 5.84. The Kier molecular flexibility index (Phi) is 3.05. The quantitative estimate of drug-likeness (QED) is 0.574. The molecular weight excluding hydrogens is 324 g/mol. The van der Waals surface area contributed by atoms with Crippen LogP contribution in [0.25, 0.3) is 10.8 Å². The Morgan fingerprint density at radius 1 is 0.920 bits per heavy atom. The summed E-state index contributed by atoms with van der Waals surface area (Å²) in [5.74, 6) is -1.81. The molecule has 6 heteroatoms. The van der Waals surface area contributed by atoms with Crippen molar-refractivity contribution in [1.82, 2.24) is 0 Å². The Morgan fingerprint density at radius 3 is 2.40 bits per heavy atom. The van der Waals surface area contributed by atoms with Gasteiger partial charge in [0.1, 0.15) is 11.5 Å². The number of carbonyl (C=O) groups excluding carboxylic acids is 2. The summed E-state index contributed by atoms with van der Waals surface area (Å²) in [5, 5.41) is 10.6. The number of ketones is 2. The van der Waals surface area contributed by atoms with Gasteiger partial charge in [-0.25, -0.2) is 4.79 Å². The van der Waals surface area contributed by atoms with Crippen LogP contribution in [0.2, 0.25) is 0 Å². The van der Waals surface area contributed by atoms with Gasteiger partial charge in [-0.3, -0.25) is 9.59 Å². The number of aromatic hydroxyl groups is 1. The van der Waals surface area contributed by atoms with E-state index in [0.29, 0.717) is 5.39 Å². The molecule has 3 aromatic rings. The number of phenols is 1. The second kappa shape index (κ2) is 5.04. The molecule has 4 rings (SSSR count). The molecule has 0 spiro atoms. The van der Waals surface area contributed by atoms with Crippen LogP contribution in [-0.2, 0) is 0 Å². The third kappa shape index (κ3) is 1.94. The molecule has 1 heterocycles. The number of carbonyl (C=O) groups is 2. The van der Waals surface area contributed by atoms with Gasteiger partial charge in [-0.2, -0.15) is 0 Å². The van der Waals surface area contributed by atoms with E-state index in [1.807, 2.05) is 6.92 Å². The highest BCUT2D eigenvalue weighted by molar-refractivity contribution is 6.32. The first-order chi connectivity index (χ1) is 11.9. The molecule has 124 valence electrons. The van der Waals surface area contributed by atoms with Gasteiger partial charge in [-0.1, -0.05) is 17.7 Å². The summed E-state index contributed by atoms with van der Waals surface area (Å²) in [5.41, 5.74) is -0.118. The van der Waals surface area contributed by atoms with Crippen molar-refractivity contribution in [3.8, 4) is 11.5 Å². The van der Waals surface area contributed by atoms with E-state index >= 15 is 0 Å². The smallest absolute Gasteiger partial charge is 0.344 e. The number of phenolic OH excluding ortho intramolecular Hbond substituents is 1. The van der Waals surface area contributed by atoms with Crippen LogP contribution in [0.4, 0.5) is 0 Å². The molecule has 1 N–H and O–H groups in total. The average Bonchev–Trinajstić information content (AvgIpc) is 2.59. The Balaban J connectivity index is 2.17. The van der Waals surface area contributed by atoms with Crippen molar-refractivity contribution in [3.63, 3.8) is 0 Å². The molecule has 6 nitrogen and oxygen atoms in total. The second-order valence-corrected chi connectivity index (χ2v) is 5.84. The van der Waals surface area contributed by atoms with Gasteiger partial charge in [-0.05, 0) is 25.1 Å². The van der Waals surface area contributed by atoms with Crippen LogP contribution < -0.4 is 10.4 Å². The van der Waals surface area contributed by atoms with E-state index in [-0.39, 0.29) is 39.3 Å². The molecule has 1 aliphatic rings. The van der Waals surface area contributed by atoms with Crippen molar-refractivity contribution in [1.29, 1.82) is 0 Å². The number of ether oxygens (including phenoxy) is 1. The van der Waals surface area contributed by atoms with E-state index in [9.17, 15) is 19.5 Å². The normalized spacial score (nSPS) is 12.9. The maximum absolute atomic E-state index is 13.1. The van der Waals surface area contributed by atoms with Gasteiger partial charge in [0, 0.05) is 5.39 Å². The van der Waals surface area contributed by atoms with Gasteiger partial charge in [0.2, 0.25) is 11.6 Å². The molecule has 0 saturated heterocycles. The number of fused-ring (bicyclic) bond motifs is 4. The fourth-order valence-corrected chi connectivity index (χ4v) is 3.19. The molecule has 0 fully saturated rings. The molecule has 0 radical (unpaired) electrons. The number of hydrogen-bond acceptors (Lipinski definition) is 6.